The first-order valence-electron chi connectivity index (χ1n) is 9.63. The van der Waals surface area contributed by atoms with Gasteiger partial charge in [-0.15, -0.1) is 0 Å². The second-order valence-electron chi connectivity index (χ2n) is 7.27. The number of benzene rings is 1. The molecule has 0 saturated carbocycles. The molecule has 0 radical (unpaired) electrons. The zero-order chi connectivity index (χ0) is 20.4. The lowest BCUT2D eigenvalue weighted by atomic mass is 9.96. The average molecular weight is 422 g/mol. The molecule has 8 nitrogen and oxygen atoms in total. The Labute approximate surface area is 168 Å². The fourth-order valence-corrected chi connectivity index (χ4v) is 5.28. The summed E-state index contributed by atoms with van der Waals surface area (Å²) >= 11 is 0. The number of ether oxygens (including phenoxy) is 1. The minimum atomic E-state index is -3.70. The molecule has 156 valence electrons. The van der Waals surface area contributed by atoms with Crippen LogP contribution < -0.4 is 0 Å². The Morgan fingerprint density at radius 3 is 2.62 bits per heavy atom. The van der Waals surface area contributed by atoms with Gasteiger partial charge in [-0.1, -0.05) is 0 Å². The molecule has 2 aliphatic heterocycles. The Kier molecular flexibility index (Phi) is 5.66. The second-order valence-corrected chi connectivity index (χ2v) is 9.21. The molecule has 2 aromatic rings. The van der Waals surface area contributed by atoms with Crippen molar-refractivity contribution in [2.24, 2.45) is 0 Å². The lowest BCUT2D eigenvalue weighted by molar-refractivity contribution is 0.0299. The van der Waals surface area contributed by atoms with Crippen LogP contribution in [0.5, 0.6) is 0 Å². The highest BCUT2D eigenvalue weighted by Crippen LogP contribution is 2.30. The zero-order valence-corrected chi connectivity index (χ0v) is 16.7. The summed E-state index contributed by atoms with van der Waals surface area (Å²) in [6.45, 7) is 2.79. The summed E-state index contributed by atoms with van der Waals surface area (Å²) in [6.07, 6.45) is 1.49. The number of sulfonamides is 1. The lowest BCUT2D eigenvalue weighted by Gasteiger charge is -2.31. The number of carbonyl (C=O) groups excluding carboxylic acids is 1. The van der Waals surface area contributed by atoms with Crippen LogP contribution in [0.1, 0.15) is 34.9 Å². The molecule has 2 fully saturated rings. The first-order valence-corrected chi connectivity index (χ1v) is 11.1. The predicted molar refractivity (Wildman–Crippen MR) is 102 cm³/mol. The van der Waals surface area contributed by atoms with Gasteiger partial charge in [-0.2, -0.15) is 9.40 Å². The van der Waals surface area contributed by atoms with Crippen LogP contribution in [0.4, 0.5) is 4.39 Å². The van der Waals surface area contributed by atoms with Crippen LogP contribution >= 0.6 is 0 Å². The molecule has 10 heteroatoms. The maximum atomic E-state index is 13.1. The first kappa shape index (κ1) is 20.0. The number of H-pyrrole nitrogens is 1. The third kappa shape index (κ3) is 4.19. The number of aromatic nitrogens is 2. The van der Waals surface area contributed by atoms with Gasteiger partial charge in [-0.05, 0) is 43.2 Å². The topological polar surface area (TPSA) is 95.6 Å². The van der Waals surface area contributed by atoms with Crippen molar-refractivity contribution in [3.05, 3.63) is 47.5 Å². The Balaban J connectivity index is 1.48. The predicted octanol–water partition coefficient (Wildman–Crippen LogP) is 1.59. The van der Waals surface area contributed by atoms with Crippen LogP contribution in [0.2, 0.25) is 0 Å². The number of nitrogens with zero attached hydrogens (tertiary/aromatic N) is 3. The lowest BCUT2D eigenvalue weighted by Crippen LogP contribution is -2.40. The molecular weight excluding hydrogens is 399 g/mol. The van der Waals surface area contributed by atoms with Crippen molar-refractivity contribution in [2.75, 3.05) is 39.4 Å². The first-order chi connectivity index (χ1) is 13.9. The van der Waals surface area contributed by atoms with Crippen molar-refractivity contribution in [3.63, 3.8) is 0 Å². The van der Waals surface area contributed by atoms with Crippen molar-refractivity contribution in [2.45, 2.75) is 23.7 Å². The summed E-state index contributed by atoms with van der Waals surface area (Å²) in [4.78, 5) is 14.4. The summed E-state index contributed by atoms with van der Waals surface area (Å²) in [5.41, 5.74) is 1.08. The normalized spacial score (nSPS) is 21.3. The smallest absolute Gasteiger partial charge is 0.274 e. The van der Waals surface area contributed by atoms with E-state index in [0.29, 0.717) is 45.0 Å². The van der Waals surface area contributed by atoms with Gasteiger partial charge >= 0.3 is 0 Å². The molecular formula is C19H23FN4O4S. The van der Waals surface area contributed by atoms with Crippen LogP contribution in [0.3, 0.4) is 0 Å². The van der Waals surface area contributed by atoms with Gasteiger partial charge in [0.05, 0.1) is 18.1 Å². The summed E-state index contributed by atoms with van der Waals surface area (Å²) in [7, 11) is -3.70. The molecule has 0 unspecified atom stereocenters. The van der Waals surface area contributed by atoms with E-state index in [0.717, 1.165) is 24.2 Å². The largest absolute Gasteiger partial charge is 0.378 e. The summed E-state index contributed by atoms with van der Waals surface area (Å²) in [5, 5.41) is 7.07. The minimum Gasteiger partial charge on any atom is -0.378 e. The van der Waals surface area contributed by atoms with E-state index in [4.69, 9.17) is 4.74 Å². The highest BCUT2D eigenvalue weighted by Gasteiger charge is 2.32. The fourth-order valence-electron chi connectivity index (χ4n) is 3.75. The van der Waals surface area contributed by atoms with Gasteiger partial charge in [0, 0.05) is 37.8 Å². The molecule has 1 amide bonds. The van der Waals surface area contributed by atoms with E-state index >= 15 is 0 Å². The van der Waals surface area contributed by atoms with Crippen LogP contribution in [0.25, 0.3) is 0 Å². The molecule has 0 spiro atoms. The zero-order valence-electron chi connectivity index (χ0n) is 15.9. The van der Waals surface area contributed by atoms with E-state index < -0.39 is 15.8 Å². The van der Waals surface area contributed by atoms with Crippen molar-refractivity contribution < 1.29 is 22.3 Å². The number of hydrogen-bond donors (Lipinski definition) is 1. The van der Waals surface area contributed by atoms with E-state index in [9.17, 15) is 17.6 Å². The molecule has 3 heterocycles. The molecule has 2 aliphatic rings. The number of nitrogens with one attached hydrogen (secondary N) is 1. The highest BCUT2D eigenvalue weighted by molar-refractivity contribution is 7.89. The number of hydrogen-bond acceptors (Lipinski definition) is 5. The van der Waals surface area contributed by atoms with E-state index in [-0.39, 0.29) is 23.3 Å². The van der Waals surface area contributed by atoms with Crippen LogP contribution in [0, 0.1) is 5.82 Å². The maximum Gasteiger partial charge on any atom is 0.274 e. The van der Waals surface area contributed by atoms with Crippen LogP contribution in [0.15, 0.2) is 35.2 Å². The molecule has 0 aliphatic carbocycles. The third-order valence-corrected chi connectivity index (χ3v) is 7.27. The molecule has 1 N–H and O–H groups in total. The van der Waals surface area contributed by atoms with Crippen molar-refractivity contribution >= 4 is 15.9 Å². The third-order valence-electron chi connectivity index (χ3n) is 5.39. The number of carbonyl (C=O) groups is 1. The SMILES string of the molecule is O=C(c1cc([C@H]2CCCN(S(=O)(=O)c3ccc(F)cc3)C2)[nH]n1)N1CCOCC1. The van der Waals surface area contributed by atoms with Gasteiger partial charge in [0.2, 0.25) is 10.0 Å². The second kappa shape index (κ2) is 8.21. The average Bonchev–Trinajstić information content (AvgIpc) is 3.24. The number of morpholine rings is 1. The molecule has 1 aromatic heterocycles. The van der Waals surface area contributed by atoms with Gasteiger partial charge in [0.1, 0.15) is 11.5 Å². The number of aromatic amines is 1. The Morgan fingerprint density at radius 1 is 1.17 bits per heavy atom. The number of amides is 1. The molecule has 29 heavy (non-hydrogen) atoms. The Bertz CT molecular complexity index is 970. The van der Waals surface area contributed by atoms with Crippen molar-refractivity contribution in [3.8, 4) is 0 Å². The molecule has 4 rings (SSSR count). The van der Waals surface area contributed by atoms with Gasteiger partial charge in [-0.3, -0.25) is 9.89 Å². The molecule has 1 atom stereocenters. The van der Waals surface area contributed by atoms with Gasteiger partial charge in [-0.25, -0.2) is 12.8 Å². The van der Waals surface area contributed by atoms with Gasteiger partial charge < -0.3 is 9.64 Å². The van der Waals surface area contributed by atoms with E-state index in [1.54, 1.807) is 11.0 Å². The highest BCUT2D eigenvalue weighted by atomic mass is 32.2. The minimum absolute atomic E-state index is 0.0762. The molecule has 2 saturated heterocycles. The number of rotatable bonds is 4. The Morgan fingerprint density at radius 2 is 1.90 bits per heavy atom. The van der Waals surface area contributed by atoms with Crippen molar-refractivity contribution in [1.82, 2.24) is 19.4 Å². The van der Waals surface area contributed by atoms with Crippen LogP contribution in [-0.2, 0) is 14.8 Å². The standard InChI is InChI=1S/C19H23FN4O4S/c20-15-3-5-16(6-4-15)29(26,27)24-7-1-2-14(13-24)17-12-18(22-21-17)19(25)23-8-10-28-11-9-23/h3-6,12,14H,1-2,7-11,13H2,(H,21,22)/t14-/m0/s1. The maximum absolute atomic E-state index is 13.1. The number of halogens is 1. The van der Waals surface area contributed by atoms with Gasteiger partial charge in [0.15, 0.2) is 0 Å². The molecule has 1 aromatic carbocycles. The van der Waals surface area contributed by atoms with Crippen LogP contribution in [-0.4, -0.2) is 73.1 Å². The fraction of sp³-hybridized carbons (Fsp3) is 0.474. The quantitative estimate of drug-likeness (QED) is 0.807. The monoisotopic (exact) mass is 422 g/mol. The van der Waals surface area contributed by atoms with Crippen molar-refractivity contribution in [1.29, 1.82) is 0 Å². The number of piperidine rings is 1. The summed E-state index contributed by atoms with van der Waals surface area (Å²) in [6, 6.07) is 6.57. The molecule has 0 bridgehead atoms. The Hall–Kier alpha value is -2.30. The summed E-state index contributed by atoms with van der Waals surface area (Å²) in [5.74, 6) is -0.712. The van der Waals surface area contributed by atoms with E-state index in [1.807, 2.05) is 0 Å². The van der Waals surface area contributed by atoms with Gasteiger partial charge in [0.25, 0.3) is 5.91 Å². The van der Waals surface area contributed by atoms with E-state index in [1.165, 1.54) is 16.4 Å². The summed E-state index contributed by atoms with van der Waals surface area (Å²) < 4.78 is 45.6. The van der Waals surface area contributed by atoms with E-state index in [2.05, 4.69) is 10.2 Å².